The third kappa shape index (κ3) is 3.27. The number of fused-ring (bicyclic) bond motifs is 2. The molecule has 2 heterocycles. The van der Waals surface area contributed by atoms with Gasteiger partial charge in [0.25, 0.3) is 0 Å². The van der Waals surface area contributed by atoms with Crippen molar-refractivity contribution in [2.75, 3.05) is 11.9 Å². The molecule has 0 saturated carbocycles. The third-order valence-electron chi connectivity index (χ3n) is 5.75. The van der Waals surface area contributed by atoms with Gasteiger partial charge in [-0.1, -0.05) is 26.8 Å². The van der Waals surface area contributed by atoms with E-state index in [1.807, 2.05) is 20.0 Å². The van der Waals surface area contributed by atoms with Crippen LogP contribution in [0.4, 0.5) is 5.69 Å². The van der Waals surface area contributed by atoms with Gasteiger partial charge in [0.05, 0.1) is 5.69 Å². The lowest BCUT2D eigenvalue weighted by molar-refractivity contribution is -0.118. The van der Waals surface area contributed by atoms with Crippen molar-refractivity contribution in [2.24, 2.45) is 5.41 Å². The van der Waals surface area contributed by atoms with Crippen molar-refractivity contribution in [3.63, 3.8) is 0 Å². The number of nitrogens with zero attached hydrogens (tertiary/aromatic N) is 2. The lowest BCUT2D eigenvalue weighted by atomic mass is 9.76. The molecule has 0 radical (unpaired) electrons. The molecule has 0 fully saturated rings. The molecule has 5 nitrogen and oxygen atoms in total. The predicted molar refractivity (Wildman–Crippen MR) is 110 cm³/mol. The van der Waals surface area contributed by atoms with Gasteiger partial charge in [0.2, 0.25) is 5.91 Å². The van der Waals surface area contributed by atoms with Gasteiger partial charge >= 0.3 is 0 Å². The van der Waals surface area contributed by atoms with Gasteiger partial charge in [-0.2, -0.15) is 5.10 Å². The molecule has 2 aromatic heterocycles. The normalized spacial score (nSPS) is 15.7. The molecule has 1 amide bonds. The Morgan fingerprint density at radius 2 is 2.11 bits per heavy atom. The SMILES string of the molecule is CCCC(=O)N(C)c1ccc2cc(-c3n[nH]c4c3CCC(C)(C)C4)[nH]c2c1. The number of carbonyl (C=O) groups excluding carboxylic acids is 1. The molecule has 0 aliphatic heterocycles. The molecule has 27 heavy (non-hydrogen) atoms. The monoisotopic (exact) mass is 364 g/mol. The van der Waals surface area contributed by atoms with Crippen molar-refractivity contribution >= 4 is 22.5 Å². The molecule has 0 unspecified atom stereocenters. The van der Waals surface area contributed by atoms with E-state index in [9.17, 15) is 4.79 Å². The maximum absolute atomic E-state index is 12.2. The molecule has 4 rings (SSSR count). The average molecular weight is 364 g/mol. The fourth-order valence-electron chi connectivity index (χ4n) is 4.05. The van der Waals surface area contributed by atoms with Crippen LogP contribution in [0.5, 0.6) is 0 Å². The van der Waals surface area contributed by atoms with Crippen LogP contribution in [0.3, 0.4) is 0 Å². The van der Waals surface area contributed by atoms with Crippen molar-refractivity contribution in [1.82, 2.24) is 15.2 Å². The molecule has 5 heteroatoms. The van der Waals surface area contributed by atoms with Gasteiger partial charge in [-0.3, -0.25) is 9.89 Å². The van der Waals surface area contributed by atoms with E-state index in [1.54, 1.807) is 4.90 Å². The molecule has 0 atom stereocenters. The van der Waals surface area contributed by atoms with Crippen LogP contribution >= 0.6 is 0 Å². The molecular formula is C22H28N4O. The van der Waals surface area contributed by atoms with Crippen molar-refractivity contribution in [3.8, 4) is 11.4 Å². The molecule has 1 aliphatic rings. The second-order valence-electron chi connectivity index (χ2n) is 8.53. The summed E-state index contributed by atoms with van der Waals surface area (Å²) in [5, 5.41) is 9.02. The molecule has 1 aromatic carbocycles. The number of hydrogen-bond acceptors (Lipinski definition) is 2. The van der Waals surface area contributed by atoms with Crippen molar-refractivity contribution in [1.29, 1.82) is 0 Å². The van der Waals surface area contributed by atoms with Crippen LogP contribution in [-0.4, -0.2) is 28.1 Å². The van der Waals surface area contributed by atoms with E-state index in [4.69, 9.17) is 0 Å². The molecule has 0 saturated heterocycles. The van der Waals surface area contributed by atoms with Gasteiger partial charge in [0.1, 0.15) is 5.69 Å². The number of H-pyrrole nitrogens is 2. The number of anilines is 1. The van der Waals surface area contributed by atoms with Crippen molar-refractivity contribution < 1.29 is 4.79 Å². The largest absolute Gasteiger partial charge is 0.353 e. The quantitative estimate of drug-likeness (QED) is 0.696. The summed E-state index contributed by atoms with van der Waals surface area (Å²) in [5.41, 5.74) is 6.98. The van der Waals surface area contributed by atoms with Crippen LogP contribution in [0.2, 0.25) is 0 Å². The Morgan fingerprint density at radius 3 is 2.89 bits per heavy atom. The lowest BCUT2D eigenvalue weighted by Gasteiger charge is -2.28. The summed E-state index contributed by atoms with van der Waals surface area (Å²) in [7, 11) is 1.84. The number of aromatic amines is 2. The first-order valence-corrected chi connectivity index (χ1v) is 9.84. The van der Waals surface area contributed by atoms with Crippen LogP contribution < -0.4 is 4.90 Å². The number of nitrogens with one attached hydrogen (secondary N) is 2. The van der Waals surface area contributed by atoms with Gasteiger partial charge in [-0.15, -0.1) is 0 Å². The first kappa shape index (κ1) is 17.8. The zero-order chi connectivity index (χ0) is 19.2. The van der Waals surface area contributed by atoms with E-state index >= 15 is 0 Å². The maximum Gasteiger partial charge on any atom is 0.226 e. The fourth-order valence-corrected chi connectivity index (χ4v) is 4.05. The summed E-state index contributed by atoms with van der Waals surface area (Å²) in [5.74, 6) is 0.146. The van der Waals surface area contributed by atoms with Crippen LogP contribution in [0.1, 0.15) is 51.3 Å². The predicted octanol–water partition coefficient (Wildman–Crippen LogP) is 4.84. The van der Waals surface area contributed by atoms with E-state index in [2.05, 4.69) is 47.2 Å². The van der Waals surface area contributed by atoms with Gasteiger partial charge in [-0.25, -0.2) is 0 Å². The average Bonchev–Trinajstić information content (AvgIpc) is 3.22. The number of aromatic nitrogens is 3. The Labute approximate surface area is 160 Å². The van der Waals surface area contributed by atoms with E-state index in [1.165, 1.54) is 17.7 Å². The molecule has 1 aliphatic carbocycles. The van der Waals surface area contributed by atoms with E-state index in [-0.39, 0.29) is 5.91 Å². The number of rotatable bonds is 4. The maximum atomic E-state index is 12.2. The summed E-state index contributed by atoms with van der Waals surface area (Å²) in [6, 6.07) is 8.29. The minimum Gasteiger partial charge on any atom is -0.353 e. The molecular weight excluding hydrogens is 336 g/mol. The minimum atomic E-state index is 0.146. The Hall–Kier alpha value is -2.56. The number of amides is 1. The van der Waals surface area contributed by atoms with Crippen LogP contribution in [0.15, 0.2) is 24.3 Å². The smallest absolute Gasteiger partial charge is 0.226 e. The highest BCUT2D eigenvalue weighted by Gasteiger charge is 2.29. The summed E-state index contributed by atoms with van der Waals surface area (Å²) in [6.07, 6.45) is 4.72. The number of hydrogen-bond donors (Lipinski definition) is 2. The summed E-state index contributed by atoms with van der Waals surface area (Å²) in [4.78, 5) is 17.4. The summed E-state index contributed by atoms with van der Waals surface area (Å²) in [6.45, 7) is 6.66. The highest BCUT2D eigenvalue weighted by molar-refractivity contribution is 5.96. The van der Waals surface area contributed by atoms with Gasteiger partial charge in [0, 0.05) is 41.3 Å². The number of carbonyl (C=O) groups is 1. The van der Waals surface area contributed by atoms with Crippen molar-refractivity contribution in [2.45, 2.75) is 52.9 Å². The zero-order valence-corrected chi connectivity index (χ0v) is 16.6. The first-order chi connectivity index (χ1) is 12.9. The van der Waals surface area contributed by atoms with Crippen LogP contribution in [0, 0.1) is 5.41 Å². The van der Waals surface area contributed by atoms with E-state index < -0.39 is 0 Å². The van der Waals surface area contributed by atoms with E-state index in [0.29, 0.717) is 11.8 Å². The second kappa shape index (κ2) is 6.55. The first-order valence-electron chi connectivity index (χ1n) is 9.84. The topological polar surface area (TPSA) is 64.8 Å². The van der Waals surface area contributed by atoms with Gasteiger partial charge in [0.15, 0.2) is 0 Å². The van der Waals surface area contributed by atoms with Crippen LogP contribution in [-0.2, 0) is 17.6 Å². The fraction of sp³-hybridized carbons (Fsp3) is 0.455. The highest BCUT2D eigenvalue weighted by Crippen LogP contribution is 2.38. The molecule has 0 bridgehead atoms. The van der Waals surface area contributed by atoms with Gasteiger partial charge < -0.3 is 9.88 Å². The van der Waals surface area contributed by atoms with Crippen LogP contribution in [0.25, 0.3) is 22.3 Å². The Kier molecular flexibility index (Phi) is 4.33. The Morgan fingerprint density at radius 1 is 1.30 bits per heavy atom. The highest BCUT2D eigenvalue weighted by atomic mass is 16.2. The minimum absolute atomic E-state index is 0.146. The number of benzene rings is 1. The van der Waals surface area contributed by atoms with Crippen molar-refractivity contribution in [3.05, 3.63) is 35.5 Å². The third-order valence-corrected chi connectivity index (χ3v) is 5.75. The Bertz CT molecular complexity index is 995. The molecule has 0 spiro atoms. The summed E-state index contributed by atoms with van der Waals surface area (Å²) < 4.78 is 0. The zero-order valence-electron chi connectivity index (χ0n) is 16.6. The van der Waals surface area contributed by atoms with E-state index in [0.717, 1.165) is 47.2 Å². The molecule has 142 valence electrons. The lowest BCUT2D eigenvalue weighted by Crippen LogP contribution is -2.25. The molecule has 3 aromatic rings. The molecule has 2 N–H and O–H groups in total. The second-order valence-corrected chi connectivity index (χ2v) is 8.53. The summed E-state index contributed by atoms with van der Waals surface area (Å²) >= 11 is 0. The standard InChI is InChI=1S/C22H28N4O/c1-5-6-20(27)26(4)15-8-7-14-11-18(23-17(14)12-15)21-16-9-10-22(2,3)13-19(16)24-25-21/h7-8,11-12,23H,5-6,9-10,13H2,1-4H3,(H,24,25). The van der Waals surface area contributed by atoms with Gasteiger partial charge in [-0.05, 0) is 49.3 Å². The Balaban J connectivity index is 1.67.